The molecule has 1 atom stereocenters. The number of sulfone groups is 1. The molecule has 7 nitrogen and oxygen atoms in total. The van der Waals surface area contributed by atoms with Crippen LogP contribution in [0.4, 0.5) is 0 Å². The quantitative estimate of drug-likeness (QED) is 0.305. The van der Waals surface area contributed by atoms with Gasteiger partial charge in [-0.1, -0.05) is 24.2 Å². The zero-order valence-corrected chi connectivity index (χ0v) is 12.7. The fourth-order valence-corrected chi connectivity index (χ4v) is 2.40. The molecule has 0 aliphatic heterocycles. The predicted octanol–water partition coefficient (Wildman–Crippen LogP) is 0.479. The predicted molar refractivity (Wildman–Crippen MR) is 78.6 cm³/mol. The molecular formula is C13H19N3O4S. The number of hydrogen-bond acceptors (Lipinski definition) is 5. The van der Waals surface area contributed by atoms with Crippen LogP contribution in [0.3, 0.4) is 0 Å². The van der Waals surface area contributed by atoms with Gasteiger partial charge in [-0.2, -0.15) is 0 Å². The molecule has 0 aliphatic rings. The van der Waals surface area contributed by atoms with Gasteiger partial charge in [0.1, 0.15) is 0 Å². The number of amides is 1. The van der Waals surface area contributed by atoms with Gasteiger partial charge in [0.2, 0.25) is 5.91 Å². The van der Waals surface area contributed by atoms with Gasteiger partial charge in [-0.05, 0) is 24.1 Å². The van der Waals surface area contributed by atoms with Crippen LogP contribution in [-0.2, 0) is 21.2 Å². The van der Waals surface area contributed by atoms with Gasteiger partial charge in [-0.15, -0.1) is 0 Å². The number of carbonyl (C=O) groups is 1. The highest BCUT2D eigenvalue weighted by molar-refractivity contribution is 7.90. The van der Waals surface area contributed by atoms with E-state index in [2.05, 4.69) is 10.5 Å². The van der Waals surface area contributed by atoms with Crippen molar-refractivity contribution in [2.45, 2.75) is 24.8 Å². The van der Waals surface area contributed by atoms with Crippen LogP contribution in [0.25, 0.3) is 0 Å². The second-order valence-electron chi connectivity index (χ2n) is 4.62. The summed E-state index contributed by atoms with van der Waals surface area (Å²) in [7, 11) is -3.23. The van der Waals surface area contributed by atoms with E-state index in [9.17, 15) is 13.2 Å². The fraction of sp³-hybridized carbons (Fsp3) is 0.385. The van der Waals surface area contributed by atoms with Crippen molar-refractivity contribution in [1.29, 1.82) is 0 Å². The van der Waals surface area contributed by atoms with Gasteiger partial charge in [0.05, 0.1) is 10.8 Å². The van der Waals surface area contributed by atoms with Crippen LogP contribution in [0.15, 0.2) is 34.3 Å². The summed E-state index contributed by atoms with van der Waals surface area (Å²) < 4.78 is 22.7. The van der Waals surface area contributed by atoms with Gasteiger partial charge in [0, 0.05) is 12.8 Å². The van der Waals surface area contributed by atoms with E-state index < -0.39 is 15.8 Å². The van der Waals surface area contributed by atoms with E-state index in [0.717, 1.165) is 11.8 Å². The zero-order valence-electron chi connectivity index (χ0n) is 11.9. The molecule has 0 aromatic heterocycles. The van der Waals surface area contributed by atoms with Gasteiger partial charge in [0.15, 0.2) is 15.7 Å². The zero-order chi connectivity index (χ0) is 16.0. The number of amidine groups is 1. The molecule has 0 fully saturated rings. The molecule has 1 aromatic carbocycles. The van der Waals surface area contributed by atoms with Crippen molar-refractivity contribution in [1.82, 2.24) is 5.32 Å². The van der Waals surface area contributed by atoms with Gasteiger partial charge in [0.25, 0.3) is 0 Å². The first-order chi connectivity index (χ1) is 9.79. The summed E-state index contributed by atoms with van der Waals surface area (Å²) in [6.45, 7) is 1.99. The Morgan fingerprint density at radius 1 is 1.38 bits per heavy atom. The summed E-state index contributed by atoms with van der Waals surface area (Å²) in [5.41, 5.74) is 6.19. The Morgan fingerprint density at radius 3 is 2.38 bits per heavy atom. The van der Waals surface area contributed by atoms with E-state index in [1.54, 1.807) is 19.1 Å². The summed E-state index contributed by atoms with van der Waals surface area (Å²) in [6, 6.07) is 6.22. The van der Waals surface area contributed by atoms with Gasteiger partial charge >= 0.3 is 0 Å². The molecule has 21 heavy (non-hydrogen) atoms. The minimum atomic E-state index is -3.23. The second kappa shape index (κ2) is 7.07. The number of nitrogens with two attached hydrogens (primary N) is 1. The minimum absolute atomic E-state index is 0.137. The number of carbonyl (C=O) groups excluding carboxylic acids is 1. The third-order valence-electron chi connectivity index (χ3n) is 3.02. The lowest BCUT2D eigenvalue weighted by Crippen LogP contribution is -2.38. The number of oxime groups is 1. The lowest BCUT2D eigenvalue weighted by Gasteiger charge is -2.13. The first kappa shape index (κ1) is 17.0. The molecular weight excluding hydrogens is 294 g/mol. The highest BCUT2D eigenvalue weighted by Crippen LogP contribution is 2.10. The Hall–Kier alpha value is -2.09. The molecule has 116 valence electrons. The Morgan fingerprint density at radius 2 is 1.95 bits per heavy atom. The maximum absolute atomic E-state index is 11.9. The largest absolute Gasteiger partial charge is 0.409 e. The number of hydrogen-bond donors (Lipinski definition) is 3. The third-order valence-corrected chi connectivity index (χ3v) is 4.14. The van der Waals surface area contributed by atoms with E-state index >= 15 is 0 Å². The Labute approximate surface area is 123 Å². The average Bonchev–Trinajstić information content (AvgIpc) is 2.45. The Balaban J connectivity index is 2.69. The van der Waals surface area contributed by atoms with Crippen LogP contribution in [0.2, 0.25) is 0 Å². The maximum atomic E-state index is 11.9. The SMILES string of the molecule is CCC(C(=O)NCc1ccc(S(C)(=O)=O)cc1)C(N)=NO. The van der Waals surface area contributed by atoms with E-state index in [1.807, 2.05) is 0 Å². The van der Waals surface area contributed by atoms with Crippen LogP contribution in [-0.4, -0.2) is 31.6 Å². The number of benzene rings is 1. The van der Waals surface area contributed by atoms with Crippen molar-refractivity contribution in [3.05, 3.63) is 29.8 Å². The van der Waals surface area contributed by atoms with Crippen molar-refractivity contribution in [3.8, 4) is 0 Å². The second-order valence-corrected chi connectivity index (χ2v) is 6.64. The van der Waals surface area contributed by atoms with Crippen molar-refractivity contribution in [2.75, 3.05) is 6.26 Å². The molecule has 0 aliphatic carbocycles. The highest BCUT2D eigenvalue weighted by atomic mass is 32.2. The van der Waals surface area contributed by atoms with Gasteiger partial charge < -0.3 is 16.3 Å². The summed E-state index contributed by atoms with van der Waals surface area (Å²) in [4.78, 5) is 12.1. The standard InChI is InChI=1S/C13H19N3O4S/c1-3-11(12(14)16-18)13(17)15-8-9-4-6-10(7-5-9)21(2,19)20/h4-7,11,18H,3,8H2,1-2H3,(H2,14,16)(H,15,17). The molecule has 0 spiro atoms. The molecule has 1 rings (SSSR count). The van der Waals surface area contributed by atoms with Crippen molar-refractivity contribution < 1.29 is 18.4 Å². The first-order valence-corrected chi connectivity index (χ1v) is 8.22. The molecule has 0 heterocycles. The fourth-order valence-electron chi connectivity index (χ4n) is 1.77. The normalized spacial score (nSPS) is 13.7. The molecule has 0 saturated carbocycles. The van der Waals surface area contributed by atoms with Crippen LogP contribution in [0, 0.1) is 5.92 Å². The highest BCUT2D eigenvalue weighted by Gasteiger charge is 2.20. The van der Waals surface area contributed by atoms with Crippen molar-refractivity contribution in [3.63, 3.8) is 0 Å². The number of rotatable bonds is 6. The molecule has 1 unspecified atom stereocenters. The van der Waals surface area contributed by atoms with Crippen LogP contribution < -0.4 is 11.1 Å². The van der Waals surface area contributed by atoms with Crippen LogP contribution >= 0.6 is 0 Å². The molecule has 0 saturated heterocycles. The summed E-state index contributed by atoms with van der Waals surface area (Å²) in [5.74, 6) is -1.17. The van der Waals surface area contributed by atoms with Crippen LogP contribution in [0.1, 0.15) is 18.9 Å². The lowest BCUT2D eigenvalue weighted by molar-refractivity contribution is -0.123. The van der Waals surface area contributed by atoms with E-state index in [0.29, 0.717) is 6.42 Å². The molecule has 4 N–H and O–H groups in total. The number of nitrogens with zero attached hydrogens (tertiary/aromatic N) is 1. The Kier molecular flexibility index (Phi) is 5.71. The topological polar surface area (TPSA) is 122 Å². The molecule has 0 radical (unpaired) electrons. The first-order valence-electron chi connectivity index (χ1n) is 6.33. The Bertz CT molecular complexity index is 623. The summed E-state index contributed by atoms with van der Waals surface area (Å²) in [6.07, 6.45) is 1.54. The van der Waals surface area contributed by atoms with Crippen molar-refractivity contribution >= 4 is 21.6 Å². The molecule has 8 heteroatoms. The average molecular weight is 313 g/mol. The van der Waals surface area contributed by atoms with E-state index in [-0.39, 0.29) is 23.2 Å². The monoisotopic (exact) mass is 313 g/mol. The van der Waals surface area contributed by atoms with E-state index in [4.69, 9.17) is 10.9 Å². The van der Waals surface area contributed by atoms with Crippen molar-refractivity contribution in [2.24, 2.45) is 16.8 Å². The van der Waals surface area contributed by atoms with Gasteiger partial charge in [-0.3, -0.25) is 4.79 Å². The van der Waals surface area contributed by atoms with Crippen LogP contribution in [0.5, 0.6) is 0 Å². The smallest absolute Gasteiger partial charge is 0.231 e. The molecule has 1 amide bonds. The maximum Gasteiger partial charge on any atom is 0.231 e. The van der Waals surface area contributed by atoms with E-state index in [1.165, 1.54) is 12.1 Å². The summed E-state index contributed by atoms with van der Waals surface area (Å²) >= 11 is 0. The molecule has 1 aromatic rings. The van der Waals surface area contributed by atoms with Gasteiger partial charge in [-0.25, -0.2) is 8.42 Å². The number of nitrogens with one attached hydrogen (secondary N) is 1. The summed E-state index contributed by atoms with van der Waals surface area (Å²) in [5, 5.41) is 14.1. The molecule has 0 bridgehead atoms. The third kappa shape index (κ3) is 4.75. The lowest BCUT2D eigenvalue weighted by atomic mass is 10.0. The minimum Gasteiger partial charge on any atom is -0.409 e.